The van der Waals surface area contributed by atoms with Gasteiger partial charge in [0.05, 0.1) is 0 Å². The van der Waals surface area contributed by atoms with Crippen molar-refractivity contribution in [3.8, 4) is 0 Å². The quantitative estimate of drug-likeness (QED) is 0.824. The Hall–Kier alpha value is -1.43. The molecule has 1 aliphatic heterocycles. The van der Waals surface area contributed by atoms with Crippen LogP contribution in [0.2, 0.25) is 0 Å². The molecule has 0 bridgehead atoms. The van der Waals surface area contributed by atoms with Gasteiger partial charge in [-0.05, 0) is 18.8 Å². The number of amides is 1. The highest BCUT2D eigenvalue weighted by atomic mass is 16.1. The summed E-state index contributed by atoms with van der Waals surface area (Å²) in [6, 6.07) is 0. The molecule has 1 atom stereocenters. The molecule has 3 rings (SSSR count). The molecule has 24 heavy (non-hydrogen) atoms. The molecule has 134 valence electrons. The third-order valence-corrected chi connectivity index (χ3v) is 5.59. The van der Waals surface area contributed by atoms with E-state index in [9.17, 15) is 4.79 Å². The number of hydrogen-bond acceptors (Lipinski definition) is 4. The third kappa shape index (κ3) is 4.15. The zero-order valence-corrected chi connectivity index (χ0v) is 15.1. The van der Waals surface area contributed by atoms with Crippen molar-refractivity contribution in [1.82, 2.24) is 25.0 Å². The van der Waals surface area contributed by atoms with E-state index in [4.69, 9.17) is 0 Å². The number of aromatic nitrogens is 3. The van der Waals surface area contributed by atoms with Crippen LogP contribution in [-0.4, -0.2) is 51.8 Å². The minimum atomic E-state index is 0.219. The zero-order chi connectivity index (χ0) is 16.9. The Balaban J connectivity index is 1.49. The molecule has 1 aromatic heterocycles. The van der Waals surface area contributed by atoms with Crippen LogP contribution in [0.1, 0.15) is 51.2 Å². The van der Waals surface area contributed by atoms with E-state index in [0.29, 0.717) is 6.54 Å². The van der Waals surface area contributed by atoms with Crippen LogP contribution < -0.4 is 5.32 Å². The van der Waals surface area contributed by atoms with Crippen molar-refractivity contribution in [2.45, 2.75) is 58.9 Å². The molecule has 0 radical (unpaired) electrons. The second-order valence-corrected chi connectivity index (χ2v) is 7.42. The van der Waals surface area contributed by atoms with Gasteiger partial charge < -0.3 is 14.8 Å². The summed E-state index contributed by atoms with van der Waals surface area (Å²) >= 11 is 0. The molecular formula is C18H31N5O. The van der Waals surface area contributed by atoms with E-state index in [2.05, 4.69) is 38.8 Å². The molecule has 6 nitrogen and oxygen atoms in total. The lowest BCUT2D eigenvalue weighted by atomic mass is 9.85. The van der Waals surface area contributed by atoms with E-state index < -0.39 is 0 Å². The number of nitrogens with one attached hydrogen (secondary N) is 1. The molecule has 1 amide bonds. The number of carbonyl (C=O) groups excluding carboxylic acids is 1. The van der Waals surface area contributed by atoms with Crippen LogP contribution in [0.5, 0.6) is 0 Å². The molecule has 1 fully saturated rings. The Morgan fingerprint density at radius 1 is 1.29 bits per heavy atom. The average molecular weight is 333 g/mol. The molecular weight excluding hydrogens is 302 g/mol. The standard InChI is InChI=1S/C18H31N5O/c1-3-14(2)13-22-10-8-17-21-20-16(23(17)12-11-22)7-9-19-18(24)15-5-4-6-15/h14-15H,3-13H2,1-2H3,(H,19,24). The van der Waals surface area contributed by atoms with Gasteiger partial charge in [-0.15, -0.1) is 10.2 Å². The van der Waals surface area contributed by atoms with E-state index in [-0.39, 0.29) is 11.8 Å². The first-order chi connectivity index (χ1) is 11.7. The van der Waals surface area contributed by atoms with E-state index >= 15 is 0 Å². The van der Waals surface area contributed by atoms with Gasteiger partial charge >= 0.3 is 0 Å². The fourth-order valence-corrected chi connectivity index (χ4v) is 3.48. The first-order valence-corrected chi connectivity index (χ1v) is 9.58. The number of hydrogen-bond donors (Lipinski definition) is 1. The maximum atomic E-state index is 11.9. The van der Waals surface area contributed by atoms with Gasteiger partial charge in [-0.1, -0.05) is 26.7 Å². The topological polar surface area (TPSA) is 63.1 Å². The first-order valence-electron chi connectivity index (χ1n) is 9.58. The summed E-state index contributed by atoms with van der Waals surface area (Å²) in [6.45, 7) is 9.52. The summed E-state index contributed by atoms with van der Waals surface area (Å²) in [5.41, 5.74) is 0. The SMILES string of the molecule is CCC(C)CN1CCc2nnc(CCNC(=O)C3CCC3)n2CC1. The van der Waals surface area contributed by atoms with Crippen molar-refractivity contribution in [2.75, 3.05) is 26.2 Å². The lowest BCUT2D eigenvalue weighted by Gasteiger charge is -2.24. The fourth-order valence-electron chi connectivity index (χ4n) is 3.48. The van der Waals surface area contributed by atoms with Crippen molar-refractivity contribution in [3.63, 3.8) is 0 Å². The molecule has 2 aliphatic rings. The molecule has 1 aliphatic carbocycles. The summed E-state index contributed by atoms with van der Waals surface area (Å²) in [6.07, 6.45) is 6.28. The number of nitrogens with zero attached hydrogens (tertiary/aromatic N) is 4. The molecule has 2 heterocycles. The third-order valence-electron chi connectivity index (χ3n) is 5.59. The number of carbonyl (C=O) groups is 1. The Morgan fingerprint density at radius 2 is 2.12 bits per heavy atom. The normalized spacial score (nSPS) is 20.1. The minimum Gasteiger partial charge on any atom is -0.355 e. The Morgan fingerprint density at radius 3 is 2.83 bits per heavy atom. The smallest absolute Gasteiger partial charge is 0.223 e. The lowest BCUT2D eigenvalue weighted by Crippen LogP contribution is -2.35. The Labute approximate surface area is 145 Å². The molecule has 6 heteroatoms. The molecule has 1 N–H and O–H groups in total. The van der Waals surface area contributed by atoms with Crippen molar-refractivity contribution in [3.05, 3.63) is 11.6 Å². The largest absolute Gasteiger partial charge is 0.355 e. The van der Waals surface area contributed by atoms with Gasteiger partial charge in [0.15, 0.2) is 0 Å². The Bertz CT molecular complexity index is 552. The summed E-state index contributed by atoms with van der Waals surface area (Å²) in [5.74, 6) is 3.34. The second-order valence-electron chi connectivity index (χ2n) is 7.42. The van der Waals surface area contributed by atoms with Gasteiger partial charge in [0.2, 0.25) is 5.91 Å². The van der Waals surface area contributed by atoms with Crippen LogP contribution in [0.25, 0.3) is 0 Å². The van der Waals surface area contributed by atoms with Crippen LogP contribution >= 0.6 is 0 Å². The van der Waals surface area contributed by atoms with Crippen LogP contribution in [0.4, 0.5) is 0 Å². The Kier molecular flexibility index (Phi) is 5.87. The van der Waals surface area contributed by atoms with Gasteiger partial charge in [0, 0.05) is 51.5 Å². The highest BCUT2D eigenvalue weighted by Crippen LogP contribution is 2.26. The first kappa shape index (κ1) is 17.4. The predicted octanol–water partition coefficient (Wildman–Crippen LogP) is 1.64. The number of rotatable bonds is 7. The molecule has 0 spiro atoms. The van der Waals surface area contributed by atoms with Gasteiger partial charge in [-0.25, -0.2) is 0 Å². The van der Waals surface area contributed by atoms with Crippen LogP contribution in [-0.2, 0) is 24.2 Å². The second kappa shape index (κ2) is 8.10. The van der Waals surface area contributed by atoms with E-state index in [1.807, 2.05) is 0 Å². The predicted molar refractivity (Wildman–Crippen MR) is 93.7 cm³/mol. The van der Waals surface area contributed by atoms with Gasteiger partial charge in [0.1, 0.15) is 11.6 Å². The van der Waals surface area contributed by atoms with Gasteiger partial charge in [-0.2, -0.15) is 0 Å². The van der Waals surface area contributed by atoms with Gasteiger partial charge in [-0.3, -0.25) is 4.79 Å². The summed E-state index contributed by atoms with van der Waals surface area (Å²) in [5, 5.41) is 11.8. The summed E-state index contributed by atoms with van der Waals surface area (Å²) < 4.78 is 2.27. The summed E-state index contributed by atoms with van der Waals surface area (Å²) in [4.78, 5) is 14.5. The van der Waals surface area contributed by atoms with E-state index in [1.54, 1.807) is 0 Å². The molecule has 0 aromatic carbocycles. The van der Waals surface area contributed by atoms with E-state index in [1.165, 1.54) is 19.4 Å². The maximum Gasteiger partial charge on any atom is 0.223 e. The van der Waals surface area contributed by atoms with Crippen LogP contribution in [0.3, 0.4) is 0 Å². The maximum absolute atomic E-state index is 11.9. The van der Waals surface area contributed by atoms with Crippen molar-refractivity contribution >= 4 is 5.91 Å². The molecule has 0 saturated heterocycles. The molecule has 1 saturated carbocycles. The molecule has 1 unspecified atom stereocenters. The lowest BCUT2D eigenvalue weighted by molar-refractivity contribution is -0.127. The van der Waals surface area contributed by atoms with Crippen LogP contribution in [0, 0.1) is 11.8 Å². The van der Waals surface area contributed by atoms with Crippen molar-refractivity contribution in [2.24, 2.45) is 11.8 Å². The van der Waals surface area contributed by atoms with Gasteiger partial charge in [0.25, 0.3) is 0 Å². The highest BCUT2D eigenvalue weighted by molar-refractivity contribution is 5.79. The zero-order valence-electron chi connectivity index (χ0n) is 15.1. The molecule has 1 aromatic rings. The monoisotopic (exact) mass is 333 g/mol. The number of fused-ring (bicyclic) bond motifs is 1. The van der Waals surface area contributed by atoms with Crippen molar-refractivity contribution < 1.29 is 4.79 Å². The minimum absolute atomic E-state index is 0.219. The van der Waals surface area contributed by atoms with Crippen LogP contribution in [0.15, 0.2) is 0 Å². The van der Waals surface area contributed by atoms with E-state index in [0.717, 1.165) is 62.9 Å². The average Bonchev–Trinajstić information content (AvgIpc) is 2.79. The highest BCUT2D eigenvalue weighted by Gasteiger charge is 2.25. The van der Waals surface area contributed by atoms with Crippen molar-refractivity contribution in [1.29, 1.82) is 0 Å². The summed E-state index contributed by atoms with van der Waals surface area (Å²) in [7, 11) is 0. The fraction of sp³-hybridized carbons (Fsp3) is 0.833.